The Balaban J connectivity index is 2.17. The Morgan fingerprint density at radius 3 is 2.25 bits per heavy atom. The third-order valence-electron chi connectivity index (χ3n) is 4.40. The van der Waals surface area contributed by atoms with Gasteiger partial charge in [0.1, 0.15) is 5.75 Å². The lowest BCUT2D eigenvalue weighted by Crippen LogP contribution is -2.29. The van der Waals surface area contributed by atoms with Gasteiger partial charge >= 0.3 is 5.97 Å². The molecule has 0 fully saturated rings. The van der Waals surface area contributed by atoms with Gasteiger partial charge in [-0.05, 0) is 53.6 Å². The minimum Gasteiger partial charge on any atom is -0.478 e. The molecule has 0 saturated heterocycles. The van der Waals surface area contributed by atoms with Crippen molar-refractivity contribution in [3.05, 3.63) is 64.7 Å². The summed E-state index contributed by atoms with van der Waals surface area (Å²) in [5.74, 6) is -0.364. The van der Waals surface area contributed by atoms with Gasteiger partial charge < -0.3 is 9.84 Å². The molecule has 1 N–H and O–H groups in total. The lowest BCUT2D eigenvalue weighted by molar-refractivity contribution is -0.145. The number of hydrogen-bond donors (Lipinski definition) is 1. The van der Waals surface area contributed by atoms with Crippen LogP contribution >= 0.6 is 0 Å². The number of carboxylic acid groups (broad SMARTS) is 1. The van der Waals surface area contributed by atoms with Crippen molar-refractivity contribution < 1.29 is 14.6 Å². The quantitative estimate of drug-likeness (QED) is 0.868. The van der Waals surface area contributed by atoms with Crippen LogP contribution in [0, 0.1) is 13.8 Å². The topological polar surface area (TPSA) is 46.5 Å². The number of aliphatic carboxylic acids is 1. The zero-order valence-corrected chi connectivity index (χ0v) is 15.1. The van der Waals surface area contributed by atoms with Gasteiger partial charge in [-0.25, -0.2) is 4.79 Å². The summed E-state index contributed by atoms with van der Waals surface area (Å²) in [6.45, 7) is 10.5. The van der Waals surface area contributed by atoms with Gasteiger partial charge in [0, 0.05) is 6.42 Å². The first-order valence-electron chi connectivity index (χ1n) is 8.23. The zero-order valence-electron chi connectivity index (χ0n) is 15.1. The molecular formula is C21H26O3. The van der Waals surface area contributed by atoms with Gasteiger partial charge in [0.05, 0.1) is 0 Å². The Kier molecular flexibility index (Phi) is 5.33. The van der Waals surface area contributed by atoms with E-state index in [4.69, 9.17) is 4.74 Å². The highest BCUT2D eigenvalue weighted by Gasteiger charge is 2.22. The van der Waals surface area contributed by atoms with Gasteiger partial charge in [-0.1, -0.05) is 51.1 Å². The summed E-state index contributed by atoms with van der Waals surface area (Å²) in [6.07, 6.45) is -0.546. The number of carboxylic acids is 1. The molecule has 0 saturated carbocycles. The first kappa shape index (κ1) is 18.1. The van der Waals surface area contributed by atoms with E-state index in [1.807, 2.05) is 56.3 Å². The van der Waals surface area contributed by atoms with E-state index in [1.54, 1.807) is 0 Å². The van der Waals surface area contributed by atoms with E-state index < -0.39 is 12.1 Å². The Labute approximate surface area is 144 Å². The van der Waals surface area contributed by atoms with E-state index in [0.29, 0.717) is 12.2 Å². The molecule has 0 spiro atoms. The fraction of sp³-hybridized carbons (Fsp3) is 0.381. The average Bonchev–Trinajstić information content (AvgIpc) is 2.50. The molecule has 2 rings (SSSR count). The normalized spacial score (nSPS) is 12.7. The smallest absolute Gasteiger partial charge is 0.345 e. The summed E-state index contributed by atoms with van der Waals surface area (Å²) in [7, 11) is 0. The number of rotatable bonds is 5. The van der Waals surface area contributed by atoms with E-state index >= 15 is 0 Å². The second-order valence-electron chi connectivity index (χ2n) is 7.28. The molecule has 3 nitrogen and oxygen atoms in total. The molecule has 0 aromatic heterocycles. The van der Waals surface area contributed by atoms with Crippen molar-refractivity contribution in [2.24, 2.45) is 0 Å². The molecule has 0 aliphatic rings. The molecule has 0 unspecified atom stereocenters. The van der Waals surface area contributed by atoms with Crippen molar-refractivity contribution in [3.63, 3.8) is 0 Å². The lowest BCUT2D eigenvalue weighted by Gasteiger charge is -2.20. The molecule has 0 radical (unpaired) electrons. The average molecular weight is 326 g/mol. The molecule has 128 valence electrons. The van der Waals surface area contributed by atoms with E-state index in [2.05, 4.69) is 20.8 Å². The molecule has 3 heteroatoms. The molecule has 2 aromatic carbocycles. The minimum atomic E-state index is -0.948. The Morgan fingerprint density at radius 2 is 1.71 bits per heavy atom. The van der Waals surface area contributed by atoms with E-state index in [-0.39, 0.29) is 5.41 Å². The maximum Gasteiger partial charge on any atom is 0.345 e. The molecule has 0 bridgehead atoms. The van der Waals surface area contributed by atoms with Gasteiger partial charge in [-0.3, -0.25) is 0 Å². The van der Waals surface area contributed by atoms with E-state index in [1.165, 1.54) is 5.56 Å². The van der Waals surface area contributed by atoms with Crippen LogP contribution in [0.3, 0.4) is 0 Å². The van der Waals surface area contributed by atoms with Gasteiger partial charge in [0.15, 0.2) is 6.10 Å². The second kappa shape index (κ2) is 7.08. The van der Waals surface area contributed by atoms with Gasteiger partial charge in [-0.2, -0.15) is 0 Å². The van der Waals surface area contributed by atoms with E-state index in [0.717, 1.165) is 16.7 Å². The second-order valence-corrected chi connectivity index (χ2v) is 7.28. The Bertz CT molecular complexity index is 709. The summed E-state index contributed by atoms with van der Waals surface area (Å²) in [5.41, 5.74) is 4.54. The highest BCUT2D eigenvalue weighted by Crippen LogP contribution is 2.25. The van der Waals surface area contributed by atoms with Gasteiger partial charge in [-0.15, -0.1) is 0 Å². The minimum absolute atomic E-state index is 0.0589. The third-order valence-corrected chi connectivity index (χ3v) is 4.40. The zero-order chi connectivity index (χ0) is 17.9. The van der Waals surface area contributed by atoms with Crippen molar-refractivity contribution in [3.8, 4) is 5.75 Å². The molecule has 1 atom stereocenters. The third kappa shape index (κ3) is 4.38. The standard InChI is InChI=1S/C21H26O3/c1-14-7-6-8-16(15(14)2)13-19(20(22)23)24-18-11-9-17(10-12-18)21(3,4)5/h6-12,19H,13H2,1-5H3,(H,22,23)/t19-/m0/s1. The molecule has 24 heavy (non-hydrogen) atoms. The van der Waals surface area contributed by atoms with Crippen LogP contribution in [0.1, 0.15) is 43.0 Å². The van der Waals surface area contributed by atoms with Crippen LogP contribution in [-0.2, 0) is 16.6 Å². The number of ether oxygens (including phenoxy) is 1. The summed E-state index contributed by atoms with van der Waals surface area (Å²) >= 11 is 0. The molecule has 0 amide bonds. The summed E-state index contributed by atoms with van der Waals surface area (Å²) in [5, 5.41) is 9.51. The lowest BCUT2D eigenvalue weighted by atomic mass is 9.87. The summed E-state index contributed by atoms with van der Waals surface area (Å²) in [4.78, 5) is 11.6. The van der Waals surface area contributed by atoms with Crippen molar-refractivity contribution >= 4 is 5.97 Å². The van der Waals surface area contributed by atoms with Crippen LogP contribution in [-0.4, -0.2) is 17.2 Å². The van der Waals surface area contributed by atoms with Crippen LogP contribution in [0.5, 0.6) is 5.75 Å². The van der Waals surface area contributed by atoms with Crippen LogP contribution < -0.4 is 4.74 Å². The number of benzene rings is 2. The van der Waals surface area contributed by atoms with Crippen molar-refractivity contribution in [2.45, 2.75) is 52.6 Å². The first-order valence-corrected chi connectivity index (χ1v) is 8.23. The van der Waals surface area contributed by atoms with Crippen LogP contribution in [0.15, 0.2) is 42.5 Å². The molecular weight excluding hydrogens is 300 g/mol. The number of carbonyl (C=O) groups is 1. The van der Waals surface area contributed by atoms with Crippen LogP contribution in [0.2, 0.25) is 0 Å². The fourth-order valence-electron chi connectivity index (χ4n) is 2.61. The predicted molar refractivity (Wildman–Crippen MR) is 96.8 cm³/mol. The summed E-state index contributed by atoms with van der Waals surface area (Å²) in [6, 6.07) is 13.6. The summed E-state index contributed by atoms with van der Waals surface area (Å²) < 4.78 is 5.74. The van der Waals surface area contributed by atoms with Crippen LogP contribution in [0.25, 0.3) is 0 Å². The van der Waals surface area contributed by atoms with Gasteiger partial charge in [0.2, 0.25) is 0 Å². The molecule has 0 heterocycles. The molecule has 0 aliphatic heterocycles. The number of hydrogen-bond acceptors (Lipinski definition) is 2. The molecule has 0 aliphatic carbocycles. The first-order chi connectivity index (χ1) is 11.2. The van der Waals surface area contributed by atoms with E-state index in [9.17, 15) is 9.90 Å². The maximum atomic E-state index is 11.6. The van der Waals surface area contributed by atoms with Crippen LogP contribution in [0.4, 0.5) is 0 Å². The van der Waals surface area contributed by atoms with Crippen molar-refractivity contribution in [1.29, 1.82) is 0 Å². The van der Waals surface area contributed by atoms with Crippen molar-refractivity contribution in [2.75, 3.05) is 0 Å². The fourth-order valence-corrected chi connectivity index (χ4v) is 2.61. The SMILES string of the molecule is Cc1cccc(C[C@H](Oc2ccc(C(C)(C)C)cc2)C(=O)O)c1C. The largest absolute Gasteiger partial charge is 0.478 e. The van der Waals surface area contributed by atoms with Crippen molar-refractivity contribution in [1.82, 2.24) is 0 Å². The highest BCUT2D eigenvalue weighted by atomic mass is 16.5. The number of aryl methyl sites for hydroxylation is 1. The Morgan fingerprint density at radius 1 is 1.08 bits per heavy atom. The highest BCUT2D eigenvalue weighted by molar-refractivity contribution is 5.73. The Hall–Kier alpha value is -2.29. The van der Waals surface area contributed by atoms with Gasteiger partial charge in [0.25, 0.3) is 0 Å². The monoisotopic (exact) mass is 326 g/mol. The predicted octanol–water partition coefficient (Wildman–Crippen LogP) is 4.68. The maximum absolute atomic E-state index is 11.6. The molecule has 2 aromatic rings.